The number of carbonyl (C=O) groups excluding carboxylic acids is 4. The highest BCUT2D eigenvalue weighted by molar-refractivity contribution is 5.93. The molecule has 1 aromatic rings. The molecule has 0 radical (unpaired) electrons. The first-order valence-corrected chi connectivity index (χ1v) is 12.9. The van der Waals surface area contributed by atoms with Crippen molar-refractivity contribution in [1.29, 1.82) is 0 Å². The largest absolute Gasteiger partial charge is 0.490 e. The van der Waals surface area contributed by atoms with Gasteiger partial charge in [-0.2, -0.15) is 0 Å². The highest BCUT2D eigenvalue weighted by Crippen LogP contribution is 2.15. The number of hydrogen-bond donors (Lipinski definition) is 3. The molecular weight excluding hydrogens is 502 g/mol. The summed E-state index contributed by atoms with van der Waals surface area (Å²) in [7, 11) is 1.23. The van der Waals surface area contributed by atoms with Crippen LogP contribution in [0.4, 0.5) is 4.79 Å². The Labute approximate surface area is 231 Å². The van der Waals surface area contributed by atoms with Crippen molar-refractivity contribution < 1.29 is 33.4 Å². The number of carbonyl (C=O) groups is 4. The van der Waals surface area contributed by atoms with Crippen LogP contribution in [-0.2, 0) is 30.3 Å². The van der Waals surface area contributed by atoms with E-state index < -0.39 is 47.6 Å². The summed E-state index contributed by atoms with van der Waals surface area (Å²) in [5.74, 6) is -1.07. The first kappa shape index (κ1) is 33.2. The van der Waals surface area contributed by atoms with E-state index in [9.17, 15) is 19.2 Å². The van der Waals surface area contributed by atoms with Crippen molar-refractivity contribution >= 4 is 23.9 Å². The normalized spacial score (nSPS) is 13.3. The van der Waals surface area contributed by atoms with Gasteiger partial charge in [-0.05, 0) is 57.2 Å². The third-order valence-corrected chi connectivity index (χ3v) is 5.28. The van der Waals surface area contributed by atoms with E-state index >= 15 is 0 Å². The predicted molar refractivity (Wildman–Crippen MR) is 149 cm³/mol. The predicted octanol–water partition coefficient (Wildman–Crippen LogP) is 3.45. The molecular formula is C29H43N3O7. The van der Waals surface area contributed by atoms with Crippen molar-refractivity contribution in [3.05, 3.63) is 55.1 Å². The SMILES string of the molecule is C=CCOc1ccc(CC(NC(=O)OC(C)(C)C)C(=O)N[C@@H](CC(C)C)C(=O)N[C@@H](CC=C)C(=O)OC)cc1. The van der Waals surface area contributed by atoms with Gasteiger partial charge in [0.15, 0.2) is 0 Å². The minimum Gasteiger partial charge on any atom is -0.490 e. The van der Waals surface area contributed by atoms with E-state index in [0.29, 0.717) is 18.8 Å². The van der Waals surface area contributed by atoms with E-state index in [0.717, 1.165) is 5.56 Å². The van der Waals surface area contributed by atoms with E-state index in [1.165, 1.54) is 13.2 Å². The summed E-state index contributed by atoms with van der Waals surface area (Å²) in [5.41, 5.74) is -0.0256. The molecule has 0 saturated carbocycles. The summed E-state index contributed by atoms with van der Waals surface area (Å²) in [6.07, 6.45) is 2.95. The molecule has 10 nitrogen and oxygen atoms in total. The average molecular weight is 546 g/mol. The zero-order valence-corrected chi connectivity index (χ0v) is 23.9. The molecule has 0 aromatic heterocycles. The molecule has 10 heteroatoms. The van der Waals surface area contributed by atoms with Crippen LogP contribution in [0.15, 0.2) is 49.6 Å². The highest BCUT2D eigenvalue weighted by Gasteiger charge is 2.31. The molecule has 3 atom stereocenters. The lowest BCUT2D eigenvalue weighted by molar-refractivity contribution is -0.145. The molecule has 0 fully saturated rings. The number of amides is 3. The van der Waals surface area contributed by atoms with Gasteiger partial charge in [-0.3, -0.25) is 9.59 Å². The monoisotopic (exact) mass is 545 g/mol. The molecule has 3 amide bonds. The molecule has 0 spiro atoms. The lowest BCUT2D eigenvalue weighted by Gasteiger charge is -2.27. The molecule has 0 saturated heterocycles. The number of esters is 1. The maximum Gasteiger partial charge on any atom is 0.408 e. The summed E-state index contributed by atoms with van der Waals surface area (Å²) in [6.45, 7) is 16.5. The van der Waals surface area contributed by atoms with Crippen molar-refractivity contribution in [2.24, 2.45) is 5.92 Å². The Bertz CT molecular complexity index is 984. The highest BCUT2D eigenvalue weighted by atomic mass is 16.6. The Balaban J connectivity index is 3.16. The van der Waals surface area contributed by atoms with Gasteiger partial charge in [0, 0.05) is 6.42 Å². The second-order valence-corrected chi connectivity index (χ2v) is 10.4. The van der Waals surface area contributed by atoms with Crippen LogP contribution in [0.5, 0.6) is 5.75 Å². The average Bonchev–Trinajstić information content (AvgIpc) is 2.85. The summed E-state index contributed by atoms with van der Waals surface area (Å²) in [6, 6.07) is 4.11. The van der Waals surface area contributed by atoms with Crippen molar-refractivity contribution in [3.63, 3.8) is 0 Å². The summed E-state index contributed by atoms with van der Waals surface area (Å²) in [5, 5.41) is 8.00. The van der Waals surface area contributed by atoms with Gasteiger partial charge in [-0.15, -0.1) is 6.58 Å². The van der Waals surface area contributed by atoms with Crippen LogP contribution in [0.2, 0.25) is 0 Å². The smallest absolute Gasteiger partial charge is 0.408 e. The number of ether oxygens (including phenoxy) is 3. The fourth-order valence-corrected chi connectivity index (χ4v) is 3.54. The molecule has 0 aliphatic heterocycles. The van der Waals surface area contributed by atoms with Crippen molar-refractivity contribution in [3.8, 4) is 5.75 Å². The molecule has 1 aromatic carbocycles. The third kappa shape index (κ3) is 13.0. The van der Waals surface area contributed by atoms with Gasteiger partial charge in [0.2, 0.25) is 11.8 Å². The van der Waals surface area contributed by atoms with Gasteiger partial charge in [-0.1, -0.05) is 44.7 Å². The lowest BCUT2D eigenvalue weighted by Crippen LogP contribution is -2.56. The van der Waals surface area contributed by atoms with Gasteiger partial charge in [0.05, 0.1) is 7.11 Å². The minimum atomic E-state index is -1.05. The Morgan fingerprint density at radius 2 is 1.49 bits per heavy atom. The summed E-state index contributed by atoms with van der Waals surface area (Å²) < 4.78 is 15.6. The molecule has 0 heterocycles. The van der Waals surface area contributed by atoms with Gasteiger partial charge in [0.25, 0.3) is 0 Å². The van der Waals surface area contributed by atoms with E-state index in [1.807, 2.05) is 13.8 Å². The summed E-state index contributed by atoms with van der Waals surface area (Å²) >= 11 is 0. The Kier molecular flexibility index (Phi) is 13.8. The van der Waals surface area contributed by atoms with Crippen LogP contribution in [-0.4, -0.2) is 61.3 Å². The van der Waals surface area contributed by atoms with Gasteiger partial charge in [-0.25, -0.2) is 9.59 Å². The van der Waals surface area contributed by atoms with E-state index in [1.54, 1.807) is 51.1 Å². The van der Waals surface area contributed by atoms with Crippen molar-refractivity contribution in [1.82, 2.24) is 16.0 Å². The summed E-state index contributed by atoms with van der Waals surface area (Å²) in [4.78, 5) is 51.2. The molecule has 3 N–H and O–H groups in total. The fourth-order valence-electron chi connectivity index (χ4n) is 3.54. The number of hydrogen-bond acceptors (Lipinski definition) is 7. The first-order chi connectivity index (χ1) is 18.3. The number of alkyl carbamates (subject to hydrolysis) is 1. The third-order valence-electron chi connectivity index (χ3n) is 5.28. The quantitative estimate of drug-likeness (QED) is 0.227. The minimum absolute atomic E-state index is 0.0393. The van der Waals surface area contributed by atoms with E-state index in [4.69, 9.17) is 14.2 Å². The Hall–Kier alpha value is -3.82. The molecule has 0 aliphatic rings. The maximum absolute atomic E-state index is 13.4. The van der Waals surface area contributed by atoms with Crippen LogP contribution < -0.4 is 20.7 Å². The van der Waals surface area contributed by atoms with E-state index in [-0.39, 0.29) is 18.8 Å². The molecule has 1 unspecified atom stereocenters. The maximum atomic E-state index is 13.4. The van der Waals surface area contributed by atoms with Crippen LogP contribution >= 0.6 is 0 Å². The number of methoxy groups -OCH3 is 1. The number of nitrogens with one attached hydrogen (secondary N) is 3. The number of benzene rings is 1. The lowest BCUT2D eigenvalue weighted by atomic mass is 10.0. The van der Waals surface area contributed by atoms with Gasteiger partial charge < -0.3 is 30.2 Å². The van der Waals surface area contributed by atoms with Crippen LogP contribution in [0.3, 0.4) is 0 Å². The van der Waals surface area contributed by atoms with Crippen molar-refractivity contribution in [2.45, 2.75) is 77.6 Å². The standard InChI is InChI=1S/C29H43N3O7/c1-9-11-22(27(35)37-8)30-25(33)23(17-19(3)4)31-26(34)24(32-28(36)39-29(5,6)7)18-20-12-14-21(15-13-20)38-16-10-2/h9-10,12-15,19,22-24H,1-2,11,16-18H2,3-8H3,(H,30,33)(H,31,34)(H,32,36)/t22-,23-,24?/m0/s1. The number of rotatable bonds is 15. The zero-order valence-electron chi connectivity index (χ0n) is 23.9. The first-order valence-electron chi connectivity index (χ1n) is 12.9. The fraction of sp³-hybridized carbons (Fsp3) is 0.517. The Morgan fingerprint density at radius 1 is 0.897 bits per heavy atom. The van der Waals surface area contributed by atoms with Gasteiger partial charge in [0.1, 0.15) is 36.1 Å². The molecule has 0 bridgehead atoms. The molecule has 39 heavy (non-hydrogen) atoms. The second-order valence-electron chi connectivity index (χ2n) is 10.4. The van der Waals surface area contributed by atoms with E-state index in [2.05, 4.69) is 29.1 Å². The molecule has 0 aliphatic carbocycles. The van der Waals surface area contributed by atoms with Gasteiger partial charge >= 0.3 is 12.1 Å². The zero-order chi connectivity index (χ0) is 29.6. The van der Waals surface area contributed by atoms with Crippen LogP contribution in [0, 0.1) is 5.92 Å². The van der Waals surface area contributed by atoms with Crippen LogP contribution in [0.25, 0.3) is 0 Å². The Morgan fingerprint density at radius 3 is 2.00 bits per heavy atom. The van der Waals surface area contributed by atoms with Crippen molar-refractivity contribution in [2.75, 3.05) is 13.7 Å². The topological polar surface area (TPSA) is 132 Å². The molecule has 216 valence electrons. The van der Waals surface area contributed by atoms with Crippen LogP contribution in [0.1, 0.15) is 53.0 Å². The molecule has 1 rings (SSSR count). The second kappa shape index (κ2) is 16.2.